The van der Waals surface area contributed by atoms with Gasteiger partial charge in [-0.25, -0.2) is 4.98 Å². The number of fused-ring (bicyclic) bond motifs is 1. The van der Waals surface area contributed by atoms with Crippen LogP contribution in [0.5, 0.6) is 0 Å². The lowest BCUT2D eigenvalue weighted by atomic mass is 10.3. The summed E-state index contributed by atoms with van der Waals surface area (Å²) in [6.45, 7) is 0. The van der Waals surface area contributed by atoms with Gasteiger partial charge in [-0.05, 0) is 24.3 Å². The lowest BCUT2D eigenvalue weighted by Crippen LogP contribution is -1.69. The van der Waals surface area contributed by atoms with Crippen LogP contribution in [0, 0.1) is 0 Å². The number of hydrogen-bond acceptors (Lipinski definition) is 3. The van der Waals surface area contributed by atoms with E-state index in [0.29, 0.717) is 28.3 Å². The molecule has 3 nitrogen and oxygen atoms in total. The predicted molar refractivity (Wildman–Crippen MR) is 54.1 cm³/mol. The third-order valence-corrected chi connectivity index (χ3v) is 1.92. The number of nitrogens with zero attached hydrogens (tertiary/aromatic N) is 1. The van der Waals surface area contributed by atoms with Crippen molar-refractivity contribution < 1.29 is 9.21 Å². The van der Waals surface area contributed by atoms with E-state index in [1.54, 1.807) is 18.2 Å². The Morgan fingerprint density at radius 3 is 3.07 bits per heavy atom. The number of oxazole rings is 1. The van der Waals surface area contributed by atoms with Crippen LogP contribution >= 0.6 is 11.6 Å². The summed E-state index contributed by atoms with van der Waals surface area (Å²) in [7, 11) is 0. The summed E-state index contributed by atoms with van der Waals surface area (Å²) in [5, 5.41) is 0.608. The number of halogens is 1. The number of carbonyl (C=O) groups excluding carboxylic acids is 1. The minimum absolute atomic E-state index is 0.398. The lowest BCUT2D eigenvalue weighted by Gasteiger charge is -1.85. The molecule has 0 saturated carbocycles. The quantitative estimate of drug-likeness (QED) is 0.562. The summed E-state index contributed by atoms with van der Waals surface area (Å²) < 4.78 is 5.31. The topological polar surface area (TPSA) is 43.1 Å². The van der Waals surface area contributed by atoms with E-state index in [1.807, 2.05) is 0 Å². The highest BCUT2D eigenvalue weighted by Gasteiger charge is 2.02. The molecule has 70 valence electrons. The highest BCUT2D eigenvalue weighted by Crippen LogP contribution is 2.20. The van der Waals surface area contributed by atoms with Gasteiger partial charge in [0.2, 0.25) is 5.89 Å². The van der Waals surface area contributed by atoms with E-state index in [2.05, 4.69) is 4.98 Å². The molecule has 0 saturated heterocycles. The van der Waals surface area contributed by atoms with Crippen LogP contribution in [-0.2, 0) is 4.79 Å². The first-order valence-corrected chi connectivity index (χ1v) is 4.35. The predicted octanol–water partition coefficient (Wildman–Crippen LogP) is 2.69. The molecule has 14 heavy (non-hydrogen) atoms. The standard InChI is InChI=1S/C10H6ClNO2/c11-7-3-4-9-8(6-7)12-10(14-9)2-1-5-13/h1-6H. The molecule has 0 bridgehead atoms. The summed E-state index contributed by atoms with van der Waals surface area (Å²) in [5.41, 5.74) is 1.34. The molecule has 0 unspecified atom stereocenters. The van der Waals surface area contributed by atoms with Crippen molar-refractivity contribution in [3.8, 4) is 0 Å². The molecule has 0 amide bonds. The maximum atomic E-state index is 10.1. The second-order valence-electron chi connectivity index (χ2n) is 2.66. The van der Waals surface area contributed by atoms with Gasteiger partial charge < -0.3 is 4.42 Å². The first kappa shape index (κ1) is 8.97. The van der Waals surface area contributed by atoms with Crippen molar-refractivity contribution >= 4 is 35.1 Å². The molecule has 0 spiro atoms. The van der Waals surface area contributed by atoms with Gasteiger partial charge in [-0.15, -0.1) is 0 Å². The Kier molecular flexibility index (Phi) is 2.33. The molecular weight excluding hydrogens is 202 g/mol. The normalized spacial score (nSPS) is 11.2. The van der Waals surface area contributed by atoms with Gasteiger partial charge in [-0.3, -0.25) is 4.79 Å². The fourth-order valence-electron chi connectivity index (χ4n) is 1.11. The van der Waals surface area contributed by atoms with Crippen LogP contribution in [0.25, 0.3) is 17.2 Å². The zero-order chi connectivity index (χ0) is 9.97. The molecule has 1 aromatic heterocycles. The second-order valence-corrected chi connectivity index (χ2v) is 3.10. The van der Waals surface area contributed by atoms with Gasteiger partial charge in [0.05, 0.1) is 0 Å². The maximum absolute atomic E-state index is 10.1. The lowest BCUT2D eigenvalue weighted by molar-refractivity contribution is -0.104. The van der Waals surface area contributed by atoms with Crippen molar-refractivity contribution in [1.82, 2.24) is 4.98 Å². The van der Waals surface area contributed by atoms with Crippen molar-refractivity contribution in [3.63, 3.8) is 0 Å². The zero-order valence-corrected chi connectivity index (χ0v) is 7.86. The molecule has 0 aliphatic heterocycles. The number of rotatable bonds is 2. The summed E-state index contributed by atoms with van der Waals surface area (Å²) in [6, 6.07) is 5.17. The smallest absolute Gasteiger partial charge is 0.220 e. The monoisotopic (exact) mass is 207 g/mol. The Labute approximate surface area is 85.0 Å². The summed E-state index contributed by atoms with van der Waals surface area (Å²) in [5.74, 6) is 0.398. The zero-order valence-electron chi connectivity index (χ0n) is 7.11. The molecule has 1 aromatic carbocycles. The van der Waals surface area contributed by atoms with E-state index < -0.39 is 0 Å². The Bertz CT molecular complexity index is 502. The van der Waals surface area contributed by atoms with Crippen LogP contribution in [0.3, 0.4) is 0 Å². The van der Waals surface area contributed by atoms with Gasteiger partial charge in [0, 0.05) is 11.1 Å². The molecule has 0 radical (unpaired) electrons. The Hall–Kier alpha value is -1.61. The van der Waals surface area contributed by atoms with Crippen LogP contribution < -0.4 is 0 Å². The van der Waals surface area contributed by atoms with Gasteiger partial charge in [0.15, 0.2) is 5.58 Å². The van der Waals surface area contributed by atoms with Crippen LogP contribution in [0.2, 0.25) is 5.02 Å². The number of hydrogen-bond donors (Lipinski definition) is 0. The average molecular weight is 208 g/mol. The summed E-state index contributed by atoms with van der Waals surface area (Å²) >= 11 is 5.78. The first-order chi connectivity index (χ1) is 6.79. The van der Waals surface area contributed by atoms with Crippen LogP contribution in [0.15, 0.2) is 28.7 Å². The molecule has 2 rings (SSSR count). The van der Waals surface area contributed by atoms with Gasteiger partial charge in [-0.1, -0.05) is 11.6 Å². The van der Waals surface area contributed by atoms with E-state index in [9.17, 15) is 4.79 Å². The van der Waals surface area contributed by atoms with Crippen LogP contribution in [-0.4, -0.2) is 11.3 Å². The van der Waals surface area contributed by atoms with E-state index in [0.717, 1.165) is 0 Å². The largest absolute Gasteiger partial charge is 0.437 e. The minimum atomic E-state index is 0.398. The number of allylic oxidation sites excluding steroid dienone is 1. The number of aromatic nitrogens is 1. The summed E-state index contributed by atoms with van der Waals surface area (Å²) in [6.07, 6.45) is 3.50. The van der Waals surface area contributed by atoms with Gasteiger partial charge in [-0.2, -0.15) is 0 Å². The fraction of sp³-hybridized carbons (Fsp3) is 0. The number of aldehydes is 1. The molecular formula is C10H6ClNO2. The van der Waals surface area contributed by atoms with E-state index in [1.165, 1.54) is 12.2 Å². The van der Waals surface area contributed by atoms with Crippen molar-refractivity contribution in [3.05, 3.63) is 35.2 Å². The van der Waals surface area contributed by atoms with Crippen molar-refractivity contribution in [2.24, 2.45) is 0 Å². The molecule has 0 atom stereocenters. The van der Waals surface area contributed by atoms with E-state index in [-0.39, 0.29) is 0 Å². The first-order valence-electron chi connectivity index (χ1n) is 3.97. The SMILES string of the molecule is O=CC=Cc1nc2cc(Cl)ccc2o1. The number of carbonyl (C=O) groups is 1. The highest BCUT2D eigenvalue weighted by atomic mass is 35.5. The Morgan fingerprint density at radius 1 is 1.43 bits per heavy atom. The average Bonchev–Trinajstić information content (AvgIpc) is 2.56. The van der Waals surface area contributed by atoms with Crippen LogP contribution in [0.4, 0.5) is 0 Å². The Morgan fingerprint density at radius 2 is 2.29 bits per heavy atom. The van der Waals surface area contributed by atoms with Crippen molar-refractivity contribution in [1.29, 1.82) is 0 Å². The highest BCUT2D eigenvalue weighted by molar-refractivity contribution is 6.31. The third kappa shape index (κ3) is 1.67. The van der Waals surface area contributed by atoms with Crippen molar-refractivity contribution in [2.45, 2.75) is 0 Å². The maximum Gasteiger partial charge on any atom is 0.220 e. The molecule has 2 aromatic rings. The number of benzene rings is 1. The van der Waals surface area contributed by atoms with Crippen LogP contribution in [0.1, 0.15) is 5.89 Å². The van der Waals surface area contributed by atoms with Crippen molar-refractivity contribution in [2.75, 3.05) is 0 Å². The third-order valence-electron chi connectivity index (χ3n) is 1.68. The molecule has 0 aliphatic rings. The summed E-state index contributed by atoms with van der Waals surface area (Å²) in [4.78, 5) is 14.2. The van der Waals surface area contributed by atoms with E-state index in [4.69, 9.17) is 16.0 Å². The molecule has 0 aliphatic carbocycles. The molecule has 1 heterocycles. The molecule has 0 N–H and O–H groups in total. The minimum Gasteiger partial charge on any atom is -0.437 e. The van der Waals surface area contributed by atoms with Gasteiger partial charge >= 0.3 is 0 Å². The Balaban J connectivity index is 2.51. The molecule has 4 heteroatoms. The second kappa shape index (κ2) is 3.64. The fourth-order valence-corrected chi connectivity index (χ4v) is 1.28. The van der Waals surface area contributed by atoms with Gasteiger partial charge in [0.25, 0.3) is 0 Å². The molecule has 0 fully saturated rings. The van der Waals surface area contributed by atoms with E-state index >= 15 is 0 Å². The van der Waals surface area contributed by atoms with Gasteiger partial charge in [0.1, 0.15) is 11.8 Å².